The molecule has 2 unspecified atom stereocenters. The first kappa shape index (κ1) is 41.9. The van der Waals surface area contributed by atoms with Crippen molar-refractivity contribution in [2.45, 2.75) is 92.3 Å². The van der Waals surface area contributed by atoms with Crippen LogP contribution in [0, 0.1) is 11.8 Å². The number of carbonyl (C=O) groups is 1. The van der Waals surface area contributed by atoms with Crippen LogP contribution in [0.25, 0.3) is 22.3 Å². The van der Waals surface area contributed by atoms with Gasteiger partial charge in [-0.25, -0.2) is 4.79 Å². The summed E-state index contributed by atoms with van der Waals surface area (Å²) in [6.07, 6.45) is 9.65. The smallest absolute Gasteiger partial charge is 0.337 e. The highest BCUT2D eigenvalue weighted by molar-refractivity contribution is 5.90. The van der Waals surface area contributed by atoms with Crippen molar-refractivity contribution < 1.29 is 28.5 Å². The van der Waals surface area contributed by atoms with Crippen LogP contribution in [0.4, 0.5) is 0 Å². The van der Waals surface area contributed by atoms with E-state index in [1.54, 1.807) is 18.2 Å². The van der Waals surface area contributed by atoms with E-state index in [0.717, 1.165) is 70.9 Å². The second-order valence-electron chi connectivity index (χ2n) is 14.6. The van der Waals surface area contributed by atoms with Gasteiger partial charge in [-0.15, -0.1) is 0 Å². The second-order valence-corrected chi connectivity index (χ2v) is 14.6. The molecular formula is C50H60O6. The lowest BCUT2D eigenvalue weighted by Crippen LogP contribution is -2.11. The zero-order chi connectivity index (χ0) is 39.5. The molecular weight excluding hydrogens is 697 g/mol. The fraction of sp³-hybridized carbons (Fsp3) is 0.380. The van der Waals surface area contributed by atoms with E-state index in [0.29, 0.717) is 42.1 Å². The number of benzene rings is 5. The number of carbonyl (C=O) groups excluding carboxylic acids is 1. The van der Waals surface area contributed by atoms with Crippen LogP contribution in [0.1, 0.15) is 101 Å². The average Bonchev–Trinajstić information content (AvgIpc) is 3.25. The molecule has 0 saturated carbocycles. The third kappa shape index (κ3) is 12.7. The van der Waals surface area contributed by atoms with Gasteiger partial charge in [0, 0.05) is 0 Å². The summed E-state index contributed by atoms with van der Waals surface area (Å²) in [6.45, 7) is 11.1. The Morgan fingerprint density at radius 3 is 1.30 bits per heavy atom. The van der Waals surface area contributed by atoms with Crippen LogP contribution in [0.3, 0.4) is 0 Å². The van der Waals surface area contributed by atoms with Crippen molar-refractivity contribution in [1.29, 1.82) is 0 Å². The van der Waals surface area contributed by atoms with Gasteiger partial charge in [0.1, 0.15) is 24.7 Å². The highest BCUT2D eigenvalue weighted by Gasteiger charge is 2.14. The molecule has 0 aliphatic rings. The van der Waals surface area contributed by atoms with Crippen molar-refractivity contribution in [2.75, 3.05) is 20.3 Å². The summed E-state index contributed by atoms with van der Waals surface area (Å²) in [5.74, 6) is 3.60. The second kappa shape index (κ2) is 22.4. The lowest BCUT2D eigenvalue weighted by molar-refractivity contribution is 0.0600. The van der Waals surface area contributed by atoms with E-state index in [1.165, 1.54) is 45.6 Å². The van der Waals surface area contributed by atoms with Crippen LogP contribution in [-0.2, 0) is 18.0 Å². The Morgan fingerprint density at radius 2 is 0.911 bits per heavy atom. The van der Waals surface area contributed by atoms with E-state index in [2.05, 4.69) is 125 Å². The first-order valence-corrected chi connectivity index (χ1v) is 20.5. The Bertz CT molecular complexity index is 1880. The van der Waals surface area contributed by atoms with Crippen molar-refractivity contribution in [3.8, 4) is 45.3 Å². The molecule has 5 rings (SSSR count). The summed E-state index contributed by atoms with van der Waals surface area (Å²) in [5, 5.41) is 0. The number of methoxy groups -OCH3 is 1. The molecule has 6 heteroatoms. The number of hydrogen-bond acceptors (Lipinski definition) is 6. The van der Waals surface area contributed by atoms with E-state index in [-0.39, 0.29) is 0 Å². The summed E-state index contributed by atoms with van der Waals surface area (Å²) < 4.78 is 29.7. The van der Waals surface area contributed by atoms with Gasteiger partial charge in [0.05, 0.1) is 25.9 Å². The molecule has 0 radical (unpaired) electrons. The minimum atomic E-state index is -0.434. The lowest BCUT2D eigenvalue weighted by atomic mass is 10.0. The molecule has 0 amide bonds. The number of ether oxygens (including phenoxy) is 5. The maximum absolute atomic E-state index is 12.4. The standard InChI is InChI=1S/C50H60O6/c1-6-10-12-37(8-3)33-53-46-27-22-43(23-28-46)41-18-14-39(15-19-41)35-55-48-31-26-45(50(51)52-5)32-49(48)56-36-40-16-20-42(21-17-40)44-24-29-47(30-25-44)54-34-38(9-4)13-11-7-2/h14-32,37-38H,6-13,33-36H2,1-5H3. The average molecular weight is 757 g/mol. The van der Waals surface area contributed by atoms with Gasteiger partial charge < -0.3 is 23.7 Å². The molecule has 2 atom stereocenters. The Balaban J connectivity index is 1.16. The van der Waals surface area contributed by atoms with Crippen molar-refractivity contribution in [3.63, 3.8) is 0 Å². The minimum Gasteiger partial charge on any atom is -0.493 e. The monoisotopic (exact) mass is 756 g/mol. The normalized spacial score (nSPS) is 12.1. The molecule has 5 aromatic carbocycles. The van der Waals surface area contributed by atoms with E-state index in [9.17, 15) is 4.79 Å². The van der Waals surface area contributed by atoms with E-state index in [4.69, 9.17) is 23.7 Å². The van der Waals surface area contributed by atoms with Gasteiger partial charge in [0.15, 0.2) is 11.5 Å². The maximum atomic E-state index is 12.4. The molecule has 5 aromatic rings. The Labute approximate surface area is 335 Å². The van der Waals surface area contributed by atoms with Gasteiger partial charge in [0.2, 0.25) is 0 Å². The van der Waals surface area contributed by atoms with Gasteiger partial charge in [0.25, 0.3) is 0 Å². The fourth-order valence-corrected chi connectivity index (χ4v) is 6.61. The molecule has 6 nitrogen and oxygen atoms in total. The quantitative estimate of drug-likeness (QED) is 0.0619. The van der Waals surface area contributed by atoms with Gasteiger partial charge in [-0.3, -0.25) is 0 Å². The van der Waals surface area contributed by atoms with Crippen molar-refractivity contribution in [3.05, 3.63) is 132 Å². The van der Waals surface area contributed by atoms with Crippen LogP contribution >= 0.6 is 0 Å². The topological polar surface area (TPSA) is 63.2 Å². The van der Waals surface area contributed by atoms with E-state index in [1.807, 2.05) is 0 Å². The maximum Gasteiger partial charge on any atom is 0.337 e. The number of rotatable bonds is 23. The lowest BCUT2D eigenvalue weighted by Gasteiger charge is -2.16. The molecule has 296 valence electrons. The molecule has 0 aliphatic carbocycles. The van der Waals surface area contributed by atoms with Crippen molar-refractivity contribution in [2.24, 2.45) is 11.8 Å². The third-order valence-corrected chi connectivity index (χ3v) is 10.5. The molecule has 0 spiro atoms. The van der Waals surface area contributed by atoms with E-state index < -0.39 is 5.97 Å². The van der Waals surface area contributed by atoms with Crippen LogP contribution in [0.15, 0.2) is 115 Å². The van der Waals surface area contributed by atoms with Crippen molar-refractivity contribution >= 4 is 5.97 Å². The predicted octanol–water partition coefficient (Wildman–Crippen LogP) is 13.2. The number of hydrogen-bond donors (Lipinski definition) is 0. The van der Waals surface area contributed by atoms with Crippen LogP contribution < -0.4 is 18.9 Å². The molecule has 0 aliphatic heterocycles. The fourth-order valence-electron chi connectivity index (χ4n) is 6.61. The Morgan fingerprint density at radius 1 is 0.500 bits per heavy atom. The third-order valence-electron chi connectivity index (χ3n) is 10.5. The molecule has 0 N–H and O–H groups in total. The molecule has 0 heterocycles. The SMILES string of the molecule is CCCCC(CC)COc1ccc(-c2ccc(COc3ccc(C(=O)OC)cc3OCc3ccc(-c4ccc(OCC(CC)CCCC)cc4)cc3)cc2)cc1. The van der Waals surface area contributed by atoms with Gasteiger partial charge in [-0.1, -0.05) is 139 Å². The summed E-state index contributed by atoms with van der Waals surface area (Å²) in [4.78, 5) is 12.4. The summed E-state index contributed by atoms with van der Waals surface area (Å²) in [7, 11) is 1.37. The first-order chi connectivity index (χ1) is 27.4. The molecule has 0 aromatic heterocycles. The summed E-state index contributed by atoms with van der Waals surface area (Å²) in [6, 6.07) is 38.4. The van der Waals surface area contributed by atoms with Gasteiger partial charge in [-0.2, -0.15) is 0 Å². The van der Waals surface area contributed by atoms with E-state index >= 15 is 0 Å². The molecule has 0 saturated heterocycles. The molecule has 0 bridgehead atoms. The highest BCUT2D eigenvalue weighted by atomic mass is 16.5. The highest BCUT2D eigenvalue weighted by Crippen LogP contribution is 2.32. The van der Waals surface area contributed by atoms with Crippen LogP contribution in [0.5, 0.6) is 23.0 Å². The Hall–Kier alpha value is -5.23. The Kier molecular flexibility index (Phi) is 16.7. The summed E-state index contributed by atoms with van der Waals surface area (Å²) in [5.41, 5.74) is 6.89. The first-order valence-electron chi connectivity index (χ1n) is 20.5. The number of esters is 1. The van der Waals surface area contributed by atoms with Crippen molar-refractivity contribution in [1.82, 2.24) is 0 Å². The molecule has 56 heavy (non-hydrogen) atoms. The van der Waals surface area contributed by atoms with Crippen LogP contribution in [0.2, 0.25) is 0 Å². The zero-order valence-corrected chi connectivity index (χ0v) is 34.1. The molecule has 0 fully saturated rings. The van der Waals surface area contributed by atoms with Gasteiger partial charge >= 0.3 is 5.97 Å². The minimum absolute atomic E-state index is 0.307. The zero-order valence-electron chi connectivity index (χ0n) is 34.1. The van der Waals surface area contributed by atoms with Gasteiger partial charge in [-0.05, 0) is 101 Å². The largest absolute Gasteiger partial charge is 0.493 e. The predicted molar refractivity (Wildman–Crippen MR) is 228 cm³/mol. The number of unbranched alkanes of at least 4 members (excludes halogenated alkanes) is 2. The summed E-state index contributed by atoms with van der Waals surface area (Å²) >= 11 is 0. The van der Waals surface area contributed by atoms with Crippen LogP contribution in [-0.4, -0.2) is 26.3 Å².